The molecule has 14 heavy (non-hydrogen) atoms. The Morgan fingerprint density at radius 3 is 2.79 bits per heavy atom. The first-order valence-corrected chi connectivity index (χ1v) is 6.37. The molecular formula is C12H22N2. The lowest BCUT2D eigenvalue weighted by molar-refractivity contribution is 0.163. The minimum atomic E-state index is 0.862. The van der Waals surface area contributed by atoms with Gasteiger partial charge in [-0.3, -0.25) is 0 Å². The van der Waals surface area contributed by atoms with Crippen molar-refractivity contribution in [1.82, 2.24) is 10.6 Å². The van der Waals surface area contributed by atoms with Gasteiger partial charge in [-0.25, -0.2) is 0 Å². The fraction of sp³-hybridized carbons (Fsp3) is 1.00. The molecule has 5 unspecified atom stereocenters. The lowest BCUT2D eigenvalue weighted by Gasteiger charge is -2.38. The van der Waals surface area contributed by atoms with Crippen molar-refractivity contribution in [2.75, 3.05) is 13.1 Å². The molecule has 2 N–H and O–H groups in total. The standard InChI is InChI=1S/C12H22N2/c1-2-8-7-14-11-4-3-10-9(12(8)11)5-6-13-10/h8-14H,2-7H2,1H3. The number of fused-ring (bicyclic) bond motifs is 3. The Morgan fingerprint density at radius 1 is 1.07 bits per heavy atom. The second-order valence-electron chi connectivity index (χ2n) is 5.35. The number of hydrogen-bond acceptors (Lipinski definition) is 2. The second kappa shape index (κ2) is 3.49. The molecule has 1 aliphatic carbocycles. The second-order valence-corrected chi connectivity index (χ2v) is 5.35. The molecule has 2 heteroatoms. The van der Waals surface area contributed by atoms with Crippen LogP contribution in [0, 0.1) is 17.8 Å². The Morgan fingerprint density at radius 2 is 1.93 bits per heavy atom. The van der Waals surface area contributed by atoms with Gasteiger partial charge in [0.2, 0.25) is 0 Å². The summed E-state index contributed by atoms with van der Waals surface area (Å²) in [5, 5.41) is 7.43. The average molecular weight is 194 g/mol. The van der Waals surface area contributed by atoms with E-state index in [1.54, 1.807) is 0 Å². The zero-order valence-electron chi connectivity index (χ0n) is 9.13. The van der Waals surface area contributed by atoms with E-state index in [9.17, 15) is 0 Å². The van der Waals surface area contributed by atoms with Crippen molar-refractivity contribution in [3.8, 4) is 0 Å². The average Bonchev–Trinajstić information content (AvgIpc) is 2.82. The summed E-state index contributed by atoms with van der Waals surface area (Å²) >= 11 is 0. The topological polar surface area (TPSA) is 24.1 Å². The fourth-order valence-corrected chi connectivity index (χ4v) is 4.19. The molecular weight excluding hydrogens is 172 g/mol. The Balaban J connectivity index is 1.81. The molecule has 0 aromatic rings. The third kappa shape index (κ3) is 1.24. The van der Waals surface area contributed by atoms with Gasteiger partial charge >= 0.3 is 0 Å². The van der Waals surface area contributed by atoms with Crippen LogP contribution in [0.1, 0.15) is 32.6 Å². The molecule has 0 radical (unpaired) electrons. The van der Waals surface area contributed by atoms with Crippen molar-refractivity contribution in [3.63, 3.8) is 0 Å². The van der Waals surface area contributed by atoms with Crippen molar-refractivity contribution in [2.45, 2.75) is 44.7 Å². The fourth-order valence-electron chi connectivity index (χ4n) is 4.19. The summed E-state index contributed by atoms with van der Waals surface area (Å²) in [6.45, 7) is 4.92. The summed E-state index contributed by atoms with van der Waals surface area (Å²) in [5.74, 6) is 2.95. The van der Waals surface area contributed by atoms with E-state index >= 15 is 0 Å². The van der Waals surface area contributed by atoms with Crippen LogP contribution in [0.3, 0.4) is 0 Å². The van der Waals surface area contributed by atoms with Crippen molar-refractivity contribution < 1.29 is 0 Å². The molecule has 1 saturated carbocycles. The van der Waals surface area contributed by atoms with Gasteiger partial charge in [-0.2, -0.15) is 0 Å². The Kier molecular flexibility index (Phi) is 2.29. The van der Waals surface area contributed by atoms with E-state index in [2.05, 4.69) is 17.6 Å². The summed E-state index contributed by atoms with van der Waals surface area (Å²) < 4.78 is 0. The van der Waals surface area contributed by atoms with Crippen LogP contribution in [0.2, 0.25) is 0 Å². The van der Waals surface area contributed by atoms with Gasteiger partial charge in [-0.15, -0.1) is 0 Å². The smallest absolute Gasteiger partial charge is 0.0102 e. The first-order valence-electron chi connectivity index (χ1n) is 6.37. The molecule has 3 fully saturated rings. The summed E-state index contributed by atoms with van der Waals surface area (Å²) in [4.78, 5) is 0. The Hall–Kier alpha value is -0.0800. The normalized spacial score (nSPS) is 51.6. The van der Waals surface area contributed by atoms with E-state index in [0.717, 1.165) is 29.8 Å². The van der Waals surface area contributed by atoms with E-state index in [4.69, 9.17) is 0 Å². The third-order valence-corrected chi connectivity index (χ3v) is 4.86. The molecule has 0 amide bonds. The SMILES string of the molecule is CCC1CNC2CCC3NCCC3C12. The number of nitrogens with one attached hydrogen (secondary N) is 2. The summed E-state index contributed by atoms with van der Waals surface area (Å²) in [7, 11) is 0. The summed E-state index contributed by atoms with van der Waals surface area (Å²) in [6.07, 6.45) is 5.63. The van der Waals surface area contributed by atoms with E-state index in [0.29, 0.717) is 0 Å². The van der Waals surface area contributed by atoms with E-state index in [1.807, 2.05) is 0 Å². The van der Waals surface area contributed by atoms with E-state index < -0.39 is 0 Å². The predicted octanol–water partition coefficient (Wildman–Crippen LogP) is 1.37. The van der Waals surface area contributed by atoms with Crippen LogP contribution < -0.4 is 10.6 Å². The van der Waals surface area contributed by atoms with Crippen LogP contribution in [0.4, 0.5) is 0 Å². The molecule has 2 heterocycles. The molecule has 5 atom stereocenters. The van der Waals surface area contributed by atoms with Crippen molar-refractivity contribution in [2.24, 2.45) is 17.8 Å². The van der Waals surface area contributed by atoms with Crippen molar-refractivity contribution >= 4 is 0 Å². The zero-order valence-corrected chi connectivity index (χ0v) is 9.13. The Bertz CT molecular complexity index is 210. The van der Waals surface area contributed by atoms with Crippen LogP contribution in [-0.2, 0) is 0 Å². The lowest BCUT2D eigenvalue weighted by atomic mass is 9.69. The van der Waals surface area contributed by atoms with Crippen molar-refractivity contribution in [3.05, 3.63) is 0 Å². The summed E-state index contributed by atoms with van der Waals surface area (Å²) in [5.41, 5.74) is 0. The van der Waals surface area contributed by atoms with Gasteiger partial charge < -0.3 is 10.6 Å². The maximum Gasteiger partial charge on any atom is 0.0102 e. The lowest BCUT2D eigenvalue weighted by Crippen LogP contribution is -2.44. The van der Waals surface area contributed by atoms with E-state index in [-0.39, 0.29) is 0 Å². The molecule has 0 aromatic carbocycles. The maximum absolute atomic E-state index is 3.74. The summed E-state index contributed by atoms with van der Waals surface area (Å²) in [6, 6.07) is 1.73. The molecule has 3 aliphatic rings. The highest BCUT2D eigenvalue weighted by atomic mass is 15.0. The van der Waals surface area contributed by atoms with Crippen LogP contribution >= 0.6 is 0 Å². The Labute approximate surface area is 86.8 Å². The molecule has 0 bridgehead atoms. The predicted molar refractivity (Wildman–Crippen MR) is 58.2 cm³/mol. The van der Waals surface area contributed by atoms with Gasteiger partial charge in [0.1, 0.15) is 0 Å². The third-order valence-electron chi connectivity index (χ3n) is 4.86. The molecule has 3 rings (SSSR count). The van der Waals surface area contributed by atoms with E-state index in [1.165, 1.54) is 38.8 Å². The highest BCUT2D eigenvalue weighted by Crippen LogP contribution is 2.43. The van der Waals surface area contributed by atoms with Crippen LogP contribution in [0.25, 0.3) is 0 Å². The zero-order chi connectivity index (χ0) is 9.54. The first kappa shape index (κ1) is 9.17. The minimum absolute atomic E-state index is 0.862. The minimum Gasteiger partial charge on any atom is -0.314 e. The number of hydrogen-bond donors (Lipinski definition) is 2. The van der Waals surface area contributed by atoms with Crippen molar-refractivity contribution in [1.29, 1.82) is 0 Å². The highest BCUT2D eigenvalue weighted by molar-refractivity contribution is 5.03. The quantitative estimate of drug-likeness (QED) is 0.659. The monoisotopic (exact) mass is 194 g/mol. The van der Waals surface area contributed by atoms with Gasteiger partial charge in [0, 0.05) is 12.1 Å². The van der Waals surface area contributed by atoms with Gasteiger partial charge in [0.15, 0.2) is 0 Å². The van der Waals surface area contributed by atoms with Gasteiger partial charge in [-0.1, -0.05) is 13.3 Å². The molecule has 2 aliphatic heterocycles. The number of rotatable bonds is 1. The van der Waals surface area contributed by atoms with Crippen LogP contribution in [0.5, 0.6) is 0 Å². The maximum atomic E-state index is 3.74. The van der Waals surface area contributed by atoms with Gasteiger partial charge in [-0.05, 0) is 50.1 Å². The molecule has 80 valence electrons. The molecule has 2 nitrogen and oxygen atoms in total. The van der Waals surface area contributed by atoms with Gasteiger partial charge in [0.25, 0.3) is 0 Å². The van der Waals surface area contributed by atoms with Crippen LogP contribution in [-0.4, -0.2) is 25.2 Å². The van der Waals surface area contributed by atoms with Gasteiger partial charge in [0.05, 0.1) is 0 Å². The van der Waals surface area contributed by atoms with Crippen LogP contribution in [0.15, 0.2) is 0 Å². The highest BCUT2D eigenvalue weighted by Gasteiger charge is 2.47. The first-order chi connectivity index (χ1) is 6.90. The molecule has 0 spiro atoms. The molecule has 2 saturated heterocycles. The largest absolute Gasteiger partial charge is 0.314 e. The molecule has 0 aromatic heterocycles.